The number of thioether (sulfide) groups is 1. The molecule has 0 rings (SSSR count). The molecule has 0 aromatic rings. The molecule has 0 fully saturated rings. The lowest BCUT2D eigenvalue weighted by Crippen LogP contribution is -2.30. The zero-order chi connectivity index (χ0) is 11.5. The highest BCUT2D eigenvalue weighted by Crippen LogP contribution is 1.94. The maximum absolute atomic E-state index is 11.3. The van der Waals surface area contributed by atoms with Gasteiger partial charge in [-0.1, -0.05) is 20.8 Å². The Kier molecular flexibility index (Phi) is 10.2. The minimum atomic E-state index is 0.152. The van der Waals surface area contributed by atoms with Crippen molar-refractivity contribution in [1.29, 1.82) is 0 Å². The summed E-state index contributed by atoms with van der Waals surface area (Å²) >= 11 is 1.92. The number of carbonyl (C=O) groups is 1. The maximum atomic E-state index is 11.3. The number of nitrogens with one attached hydrogen (secondary N) is 2. The van der Waals surface area contributed by atoms with Crippen LogP contribution in [0.5, 0.6) is 0 Å². The van der Waals surface area contributed by atoms with Crippen LogP contribution in [0.25, 0.3) is 0 Å². The average molecular weight is 232 g/mol. The first kappa shape index (κ1) is 14.8. The Morgan fingerprint density at radius 1 is 1.33 bits per heavy atom. The second-order valence-electron chi connectivity index (χ2n) is 3.89. The molecular weight excluding hydrogens is 208 g/mol. The Morgan fingerprint density at radius 2 is 2.07 bits per heavy atom. The summed E-state index contributed by atoms with van der Waals surface area (Å²) in [4.78, 5) is 11.3. The lowest BCUT2D eigenvalue weighted by molar-refractivity contribution is -0.121. The summed E-state index contributed by atoms with van der Waals surface area (Å²) in [6, 6.07) is 0. The van der Waals surface area contributed by atoms with Gasteiger partial charge in [-0.2, -0.15) is 11.8 Å². The monoisotopic (exact) mass is 232 g/mol. The summed E-state index contributed by atoms with van der Waals surface area (Å²) in [7, 11) is 0. The van der Waals surface area contributed by atoms with Gasteiger partial charge in [-0.15, -0.1) is 0 Å². The van der Waals surface area contributed by atoms with Gasteiger partial charge in [0.15, 0.2) is 0 Å². The molecule has 15 heavy (non-hydrogen) atoms. The van der Waals surface area contributed by atoms with E-state index in [4.69, 9.17) is 0 Å². The van der Waals surface area contributed by atoms with Crippen molar-refractivity contribution in [3.8, 4) is 0 Å². The van der Waals surface area contributed by atoms with E-state index in [1.54, 1.807) is 0 Å². The van der Waals surface area contributed by atoms with Crippen molar-refractivity contribution in [2.75, 3.05) is 31.1 Å². The van der Waals surface area contributed by atoms with Crippen molar-refractivity contribution >= 4 is 17.7 Å². The van der Waals surface area contributed by atoms with E-state index in [0.29, 0.717) is 12.3 Å². The van der Waals surface area contributed by atoms with Crippen molar-refractivity contribution in [2.45, 2.75) is 27.2 Å². The largest absolute Gasteiger partial charge is 0.356 e. The van der Waals surface area contributed by atoms with Gasteiger partial charge in [0.1, 0.15) is 0 Å². The van der Waals surface area contributed by atoms with E-state index in [-0.39, 0.29) is 5.91 Å². The zero-order valence-electron chi connectivity index (χ0n) is 10.1. The van der Waals surface area contributed by atoms with Crippen LogP contribution in [0.15, 0.2) is 0 Å². The van der Waals surface area contributed by atoms with Crippen LogP contribution >= 0.6 is 11.8 Å². The molecule has 0 aliphatic rings. The molecule has 0 aliphatic heterocycles. The van der Waals surface area contributed by atoms with E-state index in [9.17, 15) is 4.79 Å². The predicted octanol–water partition coefficient (Wildman–Crippen LogP) is 1.49. The number of hydrogen-bond donors (Lipinski definition) is 2. The van der Waals surface area contributed by atoms with Gasteiger partial charge in [-0.25, -0.2) is 0 Å². The molecule has 90 valence electrons. The summed E-state index contributed by atoms with van der Waals surface area (Å²) < 4.78 is 0. The van der Waals surface area contributed by atoms with Gasteiger partial charge < -0.3 is 10.6 Å². The molecular formula is C11H24N2OS. The third kappa shape index (κ3) is 11.7. The highest BCUT2D eigenvalue weighted by molar-refractivity contribution is 7.99. The second kappa shape index (κ2) is 10.3. The quantitative estimate of drug-likeness (QED) is 0.592. The van der Waals surface area contributed by atoms with E-state index >= 15 is 0 Å². The van der Waals surface area contributed by atoms with Crippen molar-refractivity contribution in [1.82, 2.24) is 10.6 Å². The van der Waals surface area contributed by atoms with Gasteiger partial charge >= 0.3 is 0 Å². The molecule has 0 spiro atoms. The third-order valence-corrected chi connectivity index (χ3v) is 2.76. The van der Waals surface area contributed by atoms with Crippen LogP contribution < -0.4 is 10.6 Å². The first-order valence-electron chi connectivity index (χ1n) is 5.72. The molecule has 0 unspecified atom stereocenters. The van der Waals surface area contributed by atoms with Gasteiger partial charge in [0.05, 0.1) is 0 Å². The summed E-state index contributed by atoms with van der Waals surface area (Å²) in [5, 5.41) is 6.16. The van der Waals surface area contributed by atoms with Gasteiger partial charge in [-0.05, 0) is 11.7 Å². The molecule has 0 heterocycles. The average Bonchev–Trinajstić information content (AvgIpc) is 2.20. The molecule has 0 saturated heterocycles. The normalized spacial score (nSPS) is 10.7. The fourth-order valence-electron chi connectivity index (χ4n) is 1.02. The minimum Gasteiger partial charge on any atom is -0.356 e. The van der Waals surface area contributed by atoms with Crippen molar-refractivity contribution < 1.29 is 4.79 Å². The predicted molar refractivity (Wildman–Crippen MR) is 68.3 cm³/mol. The molecule has 0 saturated carbocycles. The van der Waals surface area contributed by atoms with Gasteiger partial charge in [0.2, 0.25) is 5.91 Å². The molecule has 3 nitrogen and oxygen atoms in total. The van der Waals surface area contributed by atoms with E-state index in [0.717, 1.165) is 31.1 Å². The van der Waals surface area contributed by atoms with Gasteiger partial charge in [-0.3, -0.25) is 4.79 Å². The summed E-state index contributed by atoms with van der Waals surface area (Å²) in [5.41, 5.74) is 0. The topological polar surface area (TPSA) is 41.1 Å². The molecule has 0 radical (unpaired) electrons. The van der Waals surface area contributed by atoms with E-state index < -0.39 is 0 Å². The second-order valence-corrected chi connectivity index (χ2v) is 5.29. The molecule has 0 bridgehead atoms. The van der Waals surface area contributed by atoms with Crippen LogP contribution in [0, 0.1) is 5.92 Å². The SMILES string of the molecule is CCSCCNCCC(=O)NCC(C)C. The summed E-state index contributed by atoms with van der Waals surface area (Å²) in [6.07, 6.45) is 0.587. The summed E-state index contributed by atoms with van der Waals surface area (Å²) in [6.45, 7) is 8.92. The smallest absolute Gasteiger partial charge is 0.221 e. The van der Waals surface area contributed by atoms with E-state index in [2.05, 4.69) is 31.4 Å². The number of hydrogen-bond acceptors (Lipinski definition) is 3. The van der Waals surface area contributed by atoms with Gasteiger partial charge in [0.25, 0.3) is 0 Å². The Morgan fingerprint density at radius 3 is 2.67 bits per heavy atom. The Labute approximate surface area is 97.8 Å². The number of amides is 1. The zero-order valence-corrected chi connectivity index (χ0v) is 11.0. The van der Waals surface area contributed by atoms with Crippen LogP contribution in [-0.4, -0.2) is 37.0 Å². The van der Waals surface area contributed by atoms with Crippen LogP contribution in [0.1, 0.15) is 27.2 Å². The van der Waals surface area contributed by atoms with Crippen LogP contribution in [0.2, 0.25) is 0 Å². The van der Waals surface area contributed by atoms with Gasteiger partial charge in [0, 0.05) is 31.8 Å². The third-order valence-electron chi connectivity index (χ3n) is 1.86. The molecule has 0 aromatic heterocycles. The lowest BCUT2D eigenvalue weighted by Gasteiger charge is -2.08. The highest BCUT2D eigenvalue weighted by Gasteiger charge is 2.00. The fourth-order valence-corrected chi connectivity index (χ4v) is 1.60. The van der Waals surface area contributed by atoms with Crippen molar-refractivity contribution in [3.05, 3.63) is 0 Å². The van der Waals surface area contributed by atoms with Crippen molar-refractivity contribution in [2.24, 2.45) is 5.92 Å². The van der Waals surface area contributed by atoms with Crippen molar-refractivity contribution in [3.63, 3.8) is 0 Å². The molecule has 0 aromatic carbocycles. The lowest BCUT2D eigenvalue weighted by atomic mass is 10.2. The molecule has 2 N–H and O–H groups in total. The van der Waals surface area contributed by atoms with E-state index in [1.165, 1.54) is 0 Å². The number of rotatable bonds is 9. The highest BCUT2D eigenvalue weighted by atomic mass is 32.2. The first-order chi connectivity index (χ1) is 7.16. The first-order valence-corrected chi connectivity index (χ1v) is 6.87. The Balaban J connectivity index is 3.17. The molecule has 0 atom stereocenters. The van der Waals surface area contributed by atoms with Crippen LogP contribution in [0.3, 0.4) is 0 Å². The molecule has 0 aliphatic carbocycles. The standard InChI is InChI=1S/C11H24N2OS/c1-4-15-8-7-12-6-5-11(14)13-9-10(2)3/h10,12H,4-9H2,1-3H3,(H,13,14). The fraction of sp³-hybridized carbons (Fsp3) is 0.909. The minimum absolute atomic E-state index is 0.152. The molecule has 4 heteroatoms. The van der Waals surface area contributed by atoms with Crippen LogP contribution in [-0.2, 0) is 4.79 Å². The maximum Gasteiger partial charge on any atom is 0.221 e. The van der Waals surface area contributed by atoms with Crippen LogP contribution in [0.4, 0.5) is 0 Å². The Bertz CT molecular complexity index is 163. The van der Waals surface area contributed by atoms with E-state index in [1.807, 2.05) is 11.8 Å². The molecule has 1 amide bonds. The summed E-state index contributed by atoms with van der Waals surface area (Å²) in [5.74, 6) is 2.97. The Hall–Kier alpha value is -0.220. The number of carbonyl (C=O) groups excluding carboxylic acids is 1.